The summed E-state index contributed by atoms with van der Waals surface area (Å²) in [5.74, 6) is -2.75. The fourth-order valence-corrected chi connectivity index (χ4v) is 2.77. The molecule has 2 aromatic rings. The molecule has 0 saturated heterocycles. The van der Waals surface area contributed by atoms with Crippen LogP contribution in [0.3, 0.4) is 0 Å². The van der Waals surface area contributed by atoms with Gasteiger partial charge in [0.2, 0.25) is 10.3 Å². The zero-order valence-electron chi connectivity index (χ0n) is 12.7. The normalized spacial score (nSPS) is 13.2. The van der Waals surface area contributed by atoms with Crippen LogP contribution in [-0.4, -0.2) is 34.0 Å². The summed E-state index contributed by atoms with van der Waals surface area (Å²) in [7, 11) is -2.80. The number of rotatable bonds is 5. The lowest BCUT2D eigenvalue weighted by molar-refractivity contribution is -0.152. The average molecular weight is 357 g/mol. The van der Waals surface area contributed by atoms with Crippen LogP contribution in [0.1, 0.15) is 19.4 Å². The van der Waals surface area contributed by atoms with Gasteiger partial charge < -0.3 is 4.74 Å². The van der Waals surface area contributed by atoms with E-state index < -0.39 is 33.5 Å². The van der Waals surface area contributed by atoms with Gasteiger partial charge in [-0.05, 0) is 19.1 Å². The standard InChI is InChI=1S/C14H13F2N3O4S/c1-9(24(21)22)14(23-10(2)20,6-19-8-17-7-18-19)12-4-3-11(15)5-13(12)16/h3-5,7-8H,6H2,1-2H3/t14-/m1/s1. The monoisotopic (exact) mass is 357 g/mol. The van der Waals surface area contributed by atoms with Crippen molar-refractivity contribution in [2.24, 2.45) is 0 Å². The second-order valence-corrected chi connectivity index (χ2v) is 6.01. The molecule has 1 aromatic heterocycles. The first-order valence-corrected chi connectivity index (χ1v) is 7.74. The molecule has 1 atom stereocenters. The van der Waals surface area contributed by atoms with Crippen LogP contribution in [0, 0.1) is 11.6 Å². The molecular formula is C14H13F2N3O4S. The van der Waals surface area contributed by atoms with Crippen LogP contribution in [0.25, 0.3) is 0 Å². The number of hydrogen-bond acceptors (Lipinski definition) is 6. The lowest BCUT2D eigenvalue weighted by atomic mass is 9.89. The molecule has 0 aliphatic heterocycles. The van der Waals surface area contributed by atoms with Gasteiger partial charge in [0, 0.05) is 18.6 Å². The van der Waals surface area contributed by atoms with E-state index in [0.717, 1.165) is 19.1 Å². The minimum atomic E-state index is -2.80. The van der Waals surface area contributed by atoms with Crippen molar-refractivity contribution < 1.29 is 26.7 Å². The Morgan fingerprint density at radius 3 is 2.54 bits per heavy atom. The molecule has 0 unspecified atom stereocenters. The maximum absolute atomic E-state index is 14.4. The summed E-state index contributed by atoms with van der Waals surface area (Å²) < 4.78 is 57.1. The summed E-state index contributed by atoms with van der Waals surface area (Å²) in [6, 6.07) is 2.55. The third-order valence-corrected chi connectivity index (χ3v) is 4.18. The highest BCUT2D eigenvalue weighted by molar-refractivity contribution is 7.73. The molecule has 0 aliphatic carbocycles. The molecule has 7 nitrogen and oxygen atoms in total. The maximum Gasteiger partial charge on any atom is 0.303 e. The minimum Gasteiger partial charge on any atom is -0.447 e. The van der Waals surface area contributed by atoms with E-state index in [1.807, 2.05) is 0 Å². The smallest absolute Gasteiger partial charge is 0.303 e. The van der Waals surface area contributed by atoms with Gasteiger partial charge in [-0.3, -0.25) is 4.79 Å². The number of esters is 1. The van der Waals surface area contributed by atoms with E-state index in [2.05, 4.69) is 10.1 Å². The molecule has 0 N–H and O–H groups in total. The van der Waals surface area contributed by atoms with Gasteiger partial charge in [0.15, 0.2) is 5.60 Å². The third kappa shape index (κ3) is 3.48. The molecule has 128 valence electrons. The fourth-order valence-electron chi connectivity index (χ4n) is 2.28. The average Bonchev–Trinajstić information content (AvgIpc) is 2.97. The Hall–Kier alpha value is -2.62. The number of hydrogen-bond donors (Lipinski definition) is 0. The van der Waals surface area contributed by atoms with Crippen LogP contribution in [0.15, 0.2) is 30.9 Å². The number of aromatic nitrogens is 3. The topological polar surface area (TPSA) is 91.2 Å². The molecule has 1 heterocycles. The molecule has 10 heteroatoms. The zero-order chi connectivity index (χ0) is 17.9. The molecule has 0 fully saturated rings. The van der Waals surface area contributed by atoms with Gasteiger partial charge in [-0.25, -0.2) is 18.4 Å². The van der Waals surface area contributed by atoms with Gasteiger partial charge in [0.1, 0.15) is 24.3 Å². The maximum atomic E-state index is 14.4. The van der Waals surface area contributed by atoms with Crippen LogP contribution in [0.2, 0.25) is 0 Å². The van der Waals surface area contributed by atoms with E-state index in [4.69, 9.17) is 4.74 Å². The van der Waals surface area contributed by atoms with Crippen molar-refractivity contribution in [1.82, 2.24) is 14.8 Å². The predicted octanol–water partition coefficient (Wildman–Crippen LogP) is 1.09. The molecule has 1 aromatic carbocycles. The Bertz CT molecular complexity index is 889. The van der Waals surface area contributed by atoms with E-state index >= 15 is 0 Å². The van der Waals surface area contributed by atoms with Crippen LogP contribution < -0.4 is 0 Å². The van der Waals surface area contributed by atoms with Gasteiger partial charge in [0.25, 0.3) is 0 Å². The van der Waals surface area contributed by atoms with Crippen LogP contribution in [-0.2, 0) is 32.0 Å². The number of benzene rings is 1. The third-order valence-electron chi connectivity index (χ3n) is 3.35. The Kier molecular flexibility index (Phi) is 5.07. The van der Waals surface area contributed by atoms with Gasteiger partial charge in [-0.15, -0.1) is 0 Å². The molecule has 24 heavy (non-hydrogen) atoms. The van der Waals surface area contributed by atoms with E-state index in [1.165, 1.54) is 24.3 Å². The summed E-state index contributed by atoms with van der Waals surface area (Å²) in [6.07, 6.45) is 2.43. The van der Waals surface area contributed by atoms with Gasteiger partial charge in [0.05, 0.1) is 11.4 Å². The quantitative estimate of drug-likeness (QED) is 0.588. The van der Waals surface area contributed by atoms with Crippen molar-refractivity contribution in [2.75, 3.05) is 0 Å². The van der Waals surface area contributed by atoms with Crippen LogP contribution in [0.4, 0.5) is 8.78 Å². The van der Waals surface area contributed by atoms with Crippen LogP contribution >= 0.6 is 0 Å². The minimum absolute atomic E-state index is 0.309. The molecule has 0 amide bonds. The summed E-state index contributed by atoms with van der Waals surface area (Å²) >= 11 is 0. The van der Waals surface area contributed by atoms with E-state index in [1.54, 1.807) is 0 Å². The molecule has 0 saturated carbocycles. The summed E-state index contributed by atoms with van der Waals surface area (Å²) in [5.41, 5.74) is -2.33. The predicted molar refractivity (Wildman–Crippen MR) is 79.4 cm³/mol. The lowest BCUT2D eigenvalue weighted by Gasteiger charge is -2.32. The van der Waals surface area contributed by atoms with E-state index in [0.29, 0.717) is 6.07 Å². The molecule has 0 spiro atoms. The Labute approximate surface area is 137 Å². The van der Waals surface area contributed by atoms with E-state index in [9.17, 15) is 22.0 Å². The SMILES string of the molecule is CC(=O)O[C@](Cn1cncn1)(C(C)=S(=O)=O)c1ccc(F)cc1F. The highest BCUT2D eigenvalue weighted by Crippen LogP contribution is 2.32. The molecule has 2 rings (SSSR count). The van der Waals surface area contributed by atoms with Crippen molar-refractivity contribution in [3.63, 3.8) is 0 Å². The first-order chi connectivity index (χ1) is 11.3. The number of nitrogens with zero attached hydrogens (tertiary/aromatic N) is 3. The second-order valence-electron chi connectivity index (χ2n) is 4.93. The largest absolute Gasteiger partial charge is 0.447 e. The first-order valence-electron chi connectivity index (χ1n) is 6.67. The van der Waals surface area contributed by atoms with Crippen molar-refractivity contribution >= 4 is 21.1 Å². The fraction of sp³-hybridized carbons (Fsp3) is 0.286. The molecule has 0 aliphatic rings. The highest BCUT2D eigenvalue weighted by atomic mass is 32.2. The second kappa shape index (κ2) is 6.87. The molecular weight excluding hydrogens is 344 g/mol. The Morgan fingerprint density at radius 2 is 2.04 bits per heavy atom. The van der Waals surface area contributed by atoms with Gasteiger partial charge in [-0.1, -0.05) is 0 Å². The van der Waals surface area contributed by atoms with Crippen molar-refractivity contribution in [2.45, 2.75) is 26.0 Å². The number of carbonyl (C=O) groups excluding carboxylic acids is 1. The van der Waals surface area contributed by atoms with Crippen molar-refractivity contribution in [3.05, 3.63) is 48.1 Å². The molecule has 0 bridgehead atoms. The lowest BCUT2D eigenvalue weighted by Crippen LogP contribution is -2.44. The summed E-state index contributed by atoms with van der Waals surface area (Å²) in [5, 5.41) is 3.83. The summed E-state index contributed by atoms with van der Waals surface area (Å²) in [6.45, 7) is 1.87. The van der Waals surface area contributed by atoms with Crippen LogP contribution in [0.5, 0.6) is 0 Å². The van der Waals surface area contributed by atoms with E-state index in [-0.39, 0.29) is 17.0 Å². The van der Waals surface area contributed by atoms with Gasteiger partial charge >= 0.3 is 5.97 Å². The Balaban J connectivity index is 2.78. The Morgan fingerprint density at radius 1 is 1.33 bits per heavy atom. The first kappa shape index (κ1) is 17.7. The number of carbonyl (C=O) groups is 1. The number of halogens is 2. The van der Waals surface area contributed by atoms with Crippen molar-refractivity contribution in [3.8, 4) is 0 Å². The summed E-state index contributed by atoms with van der Waals surface area (Å²) in [4.78, 5) is 14.9. The van der Waals surface area contributed by atoms with Gasteiger partial charge in [-0.2, -0.15) is 13.5 Å². The molecule has 0 radical (unpaired) electrons. The van der Waals surface area contributed by atoms with Crippen molar-refractivity contribution in [1.29, 1.82) is 0 Å². The number of ether oxygens (including phenoxy) is 1. The zero-order valence-corrected chi connectivity index (χ0v) is 13.5. The highest BCUT2D eigenvalue weighted by Gasteiger charge is 2.43.